The maximum Gasteiger partial charge on any atom is 0.269 e. The normalized spacial score (nSPS) is 16.6. The average Bonchev–Trinajstić information content (AvgIpc) is 3.04. The lowest BCUT2D eigenvalue weighted by Crippen LogP contribution is -2.16. The molecule has 0 spiro atoms. The number of rotatable bonds is 5. The van der Waals surface area contributed by atoms with Crippen molar-refractivity contribution in [3.8, 4) is 0 Å². The summed E-state index contributed by atoms with van der Waals surface area (Å²) in [5, 5.41) is 14.1. The van der Waals surface area contributed by atoms with Gasteiger partial charge in [0.1, 0.15) is 0 Å². The Morgan fingerprint density at radius 3 is 2.76 bits per heavy atom. The highest BCUT2D eigenvalue weighted by Crippen LogP contribution is 2.34. The first kappa shape index (κ1) is 11.9. The molecule has 0 heterocycles. The molecule has 0 saturated heterocycles. The van der Waals surface area contributed by atoms with Crippen LogP contribution in [0.25, 0.3) is 0 Å². The molecule has 0 radical (unpaired) electrons. The molecule has 4 heteroatoms. The van der Waals surface area contributed by atoms with Gasteiger partial charge in [-0.15, -0.1) is 0 Å². The fourth-order valence-electron chi connectivity index (χ4n) is 2.10. The molecule has 0 bridgehead atoms. The fourth-order valence-corrected chi connectivity index (χ4v) is 2.10. The van der Waals surface area contributed by atoms with Gasteiger partial charge < -0.3 is 5.32 Å². The van der Waals surface area contributed by atoms with Crippen LogP contribution < -0.4 is 5.32 Å². The summed E-state index contributed by atoms with van der Waals surface area (Å²) in [7, 11) is 0. The van der Waals surface area contributed by atoms with E-state index in [1.165, 1.54) is 19.3 Å². The summed E-state index contributed by atoms with van der Waals surface area (Å²) in [6.07, 6.45) is 3.90. The average molecular weight is 234 g/mol. The molecule has 2 rings (SSSR count). The number of aryl methyl sites for hydroxylation is 1. The first-order valence-corrected chi connectivity index (χ1v) is 6.08. The predicted octanol–water partition coefficient (Wildman–Crippen LogP) is 3.50. The van der Waals surface area contributed by atoms with E-state index in [9.17, 15) is 10.1 Å². The maximum atomic E-state index is 10.6. The quantitative estimate of drug-likeness (QED) is 0.626. The molecule has 1 aliphatic rings. The van der Waals surface area contributed by atoms with Crippen LogP contribution in [0.1, 0.15) is 31.7 Å². The predicted molar refractivity (Wildman–Crippen MR) is 68.3 cm³/mol. The van der Waals surface area contributed by atoms with E-state index in [4.69, 9.17) is 0 Å². The Labute approximate surface area is 101 Å². The van der Waals surface area contributed by atoms with Crippen LogP contribution in [0.4, 0.5) is 11.4 Å². The van der Waals surface area contributed by atoms with Crippen LogP contribution in [0.5, 0.6) is 0 Å². The van der Waals surface area contributed by atoms with Gasteiger partial charge in [0, 0.05) is 23.9 Å². The number of nitro benzene ring substituents is 1. The summed E-state index contributed by atoms with van der Waals surface area (Å²) >= 11 is 0. The summed E-state index contributed by atoms with van der Waals surface area (Å²) in [4.78, 5) is 10.3. The van der Waals surface area contributed by atoms with Gasteiger partial charge in [0.05, 0.1) is 4.92 Å². The molecule has 1 aliphatic carbocycles. The zero-order valence-electron chi connectivity index (χ0n) is 10.3. The molecule has 1 N–H and O–H groups in total. The molecule has 1 saturated carbocycles. The van der Waals surface area contributed by atoms with Crippen LogP contribution in [-0.2, 0) is 0 Å². The number of nitrogens with zero attached hydrogens (tertiary/aromatic N) is 1. The van der Waals surface area contributed by atoms with Crippen molar-refractivity contribution in [1.82, 2.24) is 0 Å². The van der Waals surface area contributed by atoms with Crippen molar-refractivity contribution < 1.29 is 4.92 Å². The Morgan fingerprint density at radius 2 is 2.24 bits per heavy atom. The highest BCUT2D eigenvalue weighted by molar-refractivity contribution is 5.55. The van der Waals surface area contributed by atoms with Crippen molar-refractivity contribution in [3.05, 3.63) is 33.9 Å². The highest BCUT2D eigenvalue weighted by atomic mass is 16.6. The molecular formula is C13H18N2O2. The third-order valence-corrected chi connectivity index (χ3v) is 3.21. The van der Waals surface area contributed by atoms with Gasteiger partial charge in [0.2, 0.25) is 0 Å². The van der Waals surface area contributed by atoms with Crippen molar-refractivity contribution in [1.29, 1.82) is 0 Å². The second kappa shape index (κ2) is 4.73. The van der Waals surface area contributed by atoms with Gasteiger partial charge in [-0.25, -0.2) is 0 Å². The lowest BCUT2D eigenvalue weighted by atomic mass is 10.1. The maximum absolute atomic E-state index is 10.6. The third kappa shape index (κ3) is 3.19. The third-order valence-electron chi connectivity index (χ3n) is 3.21. The fraction of sp³-hybridized carbons (Fsp3) is 0.538. The van der Waals surface area contributed by atoms with Gasteiger partial charge in [0.25, 0.3) is 5.69 Å². The second-order valence-electron chi connectivity index (χ2n) is 4.98. The molecule has 0 aromatic heterocycles. The van der Waals surface area contributed by atoms with E-state index < -0.39 is 0 Å². The summed E-state index contributed by atoms with van der Waals surface area (Å²) in [5.41, 5.74) is 2.09. The van der Waals surface area contributed by atoms with E-state index in [2.05, 4.69) is 12.2 Å². The molecule has 4 nitrogen and oxygen atoms in total. The van der Waals surface area contributed by atoms with E-state index in [0.717, 1.165) is 17.2 Å². The molecule has 1 aromatic rings. The number of anilines is 1. The van der Waals surface area contributed by atoms with Gasteiger partial charge in [-0.2, -0.15) is 0 Å². The number of hydrogen-bond acceptors (Lipinski definition) is 3. The summed E-state index contributed by atoms with van der Waals surface area (Å²) in [5.74, 6) is 0.885. The number of hydrogen-bond donors (Lipinski definition) is 1. The van der Waals surface area contributed by atoms with Crippen LogP contribution in [0, 0.1) is 23.0 Å². The Balaban J connectivity index is 2.02. The zero-order chi connectivity index (χ0) is 12.4. The van der Waals surface area contributed by atoms with E-state index in [1.54, 1.807) is 18.2 Å². The number of benzene rings is 1. The molecule has 0 aliphatic heterocycles. The first-order chi connectivity index (χ1) is 8.06. The molecule has 17 heavy (non-hydrogen) atoms. The highest BCUT2D eigenvalue weighted by Gasteiger charge is 2.23. The molecular weight excluding hydrogens is 216 g/mol. The standard InChI is InChI=1S/C13H18N2O2/c1-9-7-12(15(16)17)5-6-13(9)14-10(2)8-11-3-4-11/h5-7,10-11,14H,3-4,8H2,1-2H3. The Morgan fingerprint density at radius 1 is 1.53 bits per heavy atom. The van der Waals surface area contributed by atoms with Gasteiger partial charge in [-0.3, -0.25) is 10.1 Å². The van der Waals surface area contributed by atoms with Crippen molar-refractivity contribution in [3.63, 3.8) is 0 Å². The number of nitrogens with one attached hydrogen (secondary N) is 1. The summed E-state index contributed by atoms with van der Waals surface area (Å²) in [6, 6.07) is 5.41. The van der Waals surface area contributed by atoms with Crippen LogP contribution in [0.15, 0.2) is 18.2 Å². The Bertz CT molecular complexity index is 427. The largest absolute Gasteiger partial charge is 0.382 e. The second-order valence-corrected chi connectivity index (χ2v) is 4.98. The van der Waals surface area contributed by atoms with Gasteiger partial charge in [0.15, 0.2) is 0 Å². The van der Waals surface area contributed by atoms with Crippen LogP contribution in [-0.4, -0.2) is 11.0 Å². The number of non-ortho nitro benzene ring substituents is 1. The van der Waals surface area contributed by atoms with Gasteiger partial charge in [-0.1, -0.05) is 12.8 Å². The van der Waals surface area contributed by atoms with E-state index >= 15 is 0 Å². The van der Waals surface area contributed by atoms with E-state index in [-0.39, 0.29) is 10.6 Å². The number of nitro groups is 1. The zero-order valence-corrected chi connectivity index (χ0v) is 10.3. The van der Waals surface area contributed by atoms with Crippen LogP contribution >= 0.6 is 0 Å². The molecule has 1 atom stereocenters. The minimum absolute atomic E-state index is 0.155. The molecule has 1 unspecified atom stereocenters. The minimum Gasteiger partial charge on any atom is -0.382 e. The molecule has 92 valence electrons. The van der Waals surface area contributed by atoms with Crippen LogP contribution in [0.2, 0.25) is 0 Å². The van der Waals surface area contributed by atoms with Crippen molar-refractivity contribution in [2.75, 3.05) is 5.32 Å². The summed E-state index contributed by atoms with van der Waals surface area (Å²) < 4.78 is 0. The van der Waals surface area contributed by atoms with E-state index in [0.29, 0.717) is 6.04 Å². The lowest BCUT2D eigenvalue weighted by molar-refractivity contribution is -0.384. The lowest BCUT2D eigenvalue weighted by Gasteiger charge is -2.16. The SMILES string of the molecule is Cc1cc([N+](=O)[O-])ccc1NC(C)CC1CC1. The molecule has 0 amide bonds. The van der Waals surface area contributed by atoms with E-state index in [1.807, 2.05) is 6.92 Å². The van der Waals surface area contributed by atoms with Gasteiger partial charge >= 0.3 is 0 Å². The molecule has 1 fully saturated rings. The minimum atomic E-state index is -0.357. The summed E-state index contributed by atoms with van der Waals surface area (Å²) in [6.45, 7) is 4.07. The first-order valence-electron chi connectivity index (χ1n) is 6.08. The van der Waals surface area contributed by atoms with Crippen LogP contribution in [0.3, 0.4) is 0 Å². The Kier molecular flexibility index (Phi) is 3.31. The van der Waals surface area contributed by atoms with Crippen molar-refractivity contribution in [2.45, 2.75) is 39.2 Å². The van der Waals surface area contributed by atoms with Gasteiger partial charge in [-0.05, 0) is 37.8 Å². The topological polar surface area (TPSA) is 55.2 Å². The monoisotopic (exact) mass is 234 g/mol. The van der Waals surface area contributed by atoms with Crippen molar-refractivity contribution >= 4 is 11.4 Å². The Hall–Kier alpha value is -1.58. The smallest absolute Gasteiger partial charge is 0.269 e. The van der Waals surface area contributed by atoms with Crippen molar-refractivity contribution in [2.24, 2.45) is 5.92 Å². The molecule has 1 aromatic carbocycles.